The van der Waals surface area contributed by atoms with Gasteiger partial charge >= 0.3 is 11.7 Å². The molecule has 3 aromatic carbocycles. The minimum Gasteiger partial charge on any atom is -0.463 e. The Labute approximate surface area is 278 Å². The Bertz CT molecular complexity index is 1790. The van der Waals surface area contributed by atoms with E-state index in [-0.39, 0.29) is 30.8 Å². The van der Waals surface area contributed by atoms with Gasteiger partial charge < -0.3 is 19.7 Å². The van der Waals surface area contributed by atoms with E-state index in [0.29, 0.717) is 61.3 Å². The van der Waals surface area contributed by atoms with Crippen molar-refractivity contribution in [3.63, 3.8) is 0 Å². The number of fused-ring (bicyclic) bond motifs is 1. The van der Waals surface area contributed by atoms with Crippen LogP contribution in [-0.4, -0.2) is 66.9 Å². The van der Waals surface area contributed by atoms with Crippen molar-refractivity contribution in [3.05, 3.63) is 135 Å². The van der Waals surface area contributed by atoms with Gasteiger partial charge in [0.25, 0.3) is 0 Å². The smallest absolute Gasteiger partial charge is 0.351 e. The van der Waals surface area contributed by atoms with E-state index < -0.39 is 17.6 Å². The first-order chi connectivity index (χ1) is 23.3. The number of hydrogen-bond donors (Lipinski definition) is 1. The van der Waals surface area contributed by atoms with Crippen molar-refractivity contribution < 1.29 is 23.0 Å². The van der Waals surface area contributed by atoms with Crippen molar-refractivity contribution in [1.82, 2.24) is 14.5 Å². The molecule has 6 rings (SSSR count). The lowest BCUT2D eigenvalue weighted by Crippen LogP contribution is -2.49. The normalized spacial score (nSPS) is 16.5. The molecule has 1 saturated heterocycles. The Morgan fingerprint density at radius 1 is 0.938 bits per heavy atom. The second-order valence-electron chi connectivity index (χ2n) is 11.9. The molecular formula is C37H39F2N5O4. The van der Waals surface area contributed by atoms with Gasteiger partial charge in [0.05, 0.1) is 37.3 Å². The number of nitrogens with one attached hydrogen (secondary N) is 1. The second kappa shape index (κ2) is 14.5. The summed E-state index contributed by atoms with van der Waals surface area (Å²) < 4.78 is 40.3. The third-order valence-corrected chi connectivity index (χ3v) is 8.98. The first-order valence-electron chi connectivity index (χ1n) is 16.1. The zero-order chi connectivity index (χ0) is 33.8. The lowest BCUT2D eigenvalue weighted by Gasteiger charge is -2.42. The molecule has 1 N–H and O–H groups in total. The van der Waals surface area contributed by atoms with Gasteiger partial charge in [-0.25, -0.2) is 18.4 Å². The van der Waals surface area contributed by atoms with Crippen molar-refractivity contribution in [3.8, 4) is 0 Å². The number of piperazine rings is 1. The molecule has 2 aliphatic heterocycles. The number of benzene rings is 3. The highest BCUT2D eigenvalue weighted by Gasteiger charge is 2.39. The number of esters is 1. The fourth-order valence-corrected chi connectivity index (χ4v) is 6.75. The number of hydrogen-bond acceptors (Lipinski definition) is 8. The number of ether oxygens (including phenoxy) is 2. The molecule has 0 radical (unpaired) electrons. The molecule has 0 bridgehead atoms. The molecule has 1 atom stereocenters. The standard InChI is InChI=1S/C37H39F2N5O4/c1-4-48-36(45)30-24(2)40-35-32(31(30)25-8-6-5-7-9-25)34(41-37(46)44(35)22-23-47-3)43-20-18-42(19-21-43)33(26-10-14-28(38)15-11-26)27-12-16-29(39)17-13-27/h5-17,31,33,40H,4,18-23H2,1-3H3. The Morgan fingerprint density at radius 3 is 2.10 bits per heavy atom. The number of anilines is 2. The zero-order valence-electron chi connectivity index (χ0n) is 27.3. The van der Waals surface area contributed by atoms with Gasteiger partial charge in [0.1, 0.15) is 23.3 Å². The van der Waals surface area contributed by atoms with Crippen LogP contribution in [0, 0.1) is 11.6 Å². The van der Waals surface area contributed by atoms with Crippen molar-refractivity contribution >= 4 is 17.6 Å². The summed E-state index contributed by atoms with van der Waals surface area (Å²) in [6.45, 7) is 6.55. The largest absolute Gasteiger partial charge is 0.463 e. The minimum atomic E-state index is -0.553. The Kier molecular flexibility index (Phi) is 9.98. The van der Waals surface area contributed by atoms with Crippen LogP contribution in [0.1, 0.15) is 48.1 Å². The van der Waals surface area contributed by atoms with Gasteiger partial charge in [-0.15, -0.1) is 0 Å². The summed E-state index contributed by atoms with van der Waals surface area (Å²) >= 11 is 0. The number of halogens is 2. The van der Waals surface area contributed by atoms with E-state index in [4.69, 9.17) is 9.47 Å². The monoisotopic (exact) mass is 655 g/mol. The summed E-state index contributed by atoms with van der Waals surface area (Å²) in [5.74, 6) is -0.578. The van der Waals surface area contributed by atoms with E-state index in [2.05, 4.69) is 20.1 Å². The first kappa shape index (κ1) is 33.0. The lowest BCUT2D eigenvalue weighted by molar-refractivity contribution is -0.138. The van der Waals surface area contributed by atoms with Crippen LogP contribution in [0.3, 0.4) is 0 Å². The Balaban J connectivity index is 1.42. The number of rotatable bonds is 10. The predicted octanol–water partition coefficient (Wildman–Crippen LogP) is 5.47. The Hall–Kier alpha value is -4.87. The number of methoxy groups -OCH3 is 1. The third-order valence-electron chi connectivity index (χ3n) is 8.98. The maximum atomic E-state index is 13.9. The van der Waals surface area contributed by atoms with E-state index in [9.17, 15) is 18.4 Å². The molecule has 3 heterocycles. The predicted molar refractivity (Wildman–Crippen MR) is 180 cm³/mol. The molecule has 1 fully saturated rings. The first-order valence-corrected chi connectivity index (χ1v) is 16.1. The van der Waals surface area contributed by atoms with Crippen molar-refractivity contribution in [2.24, 2.45) is 0 Å². The number of carbonyl (C=O) groups excluding carboxylic acids is 1. The zero-order valence-corrected chi connectivity index (χ0v) is 27.3. The maximum absolute atomic E-state index is 13.9. The topological polar surface area (TPSA) is 88.9 Å². The Morgan fingerprint density at radius 2 is 1.54 bits per heavy atom. The summed E-state index contributed by atoms with van der Waals surface area (Å²) in [6.07, 6.45) is 0. The molecule has 250 valence electrons. The van der Waals surface area contributed by atoms with Crippen LogP contribution in [0.25, 0.3) is 0 Å². The lowest BCUT2D eigenvalue weighted by atomic mass is 9.81. The fourth-order valence-electron chi connectivity index (χ4n) is 6.75. The summed E-state index contributed by atoms with van der Waals surface area (Å²) in [5, 5.41) is 3.37. The van der Waals surface area contributed by atoms with E-state index in [1.54, 1.807) is 42.9 Å². The molecule has 48 heavy (non-hydrogen) atoms. The molecule has 0 amide bonds. The van der Waals surface area contributed by atoms with Gasteiger partial charge in [0.15, 0.2) is 0 Å². The third kappa shape index (κ3) is 6.61. The average Bonchev–Trinajstić information content (AvgIpc) is 3.09. The highest BCUT2D eigenvalue weighted by molar-refractivity contribution is 5.95. The number of aromatic nitrogens is 2. The summed E-state index contributed by atoms with van der Waals surface area (Å²) in [6, 6.07) is 22.2. The molecule has 4 aromatic rings. The van der Waals surface area contributed by atoms with Gasteiger partial charge in [0.2, 0.25) is 0 Å². The maximum Gasteiger partial charge on any atom is 0.351 e. The fraction of sp³-hybridized carbons (Fsp3) is 0.324. The van der Waals surface area contributed by atoms with Gasteiger partial charge in [-0.1, -0.05) is 54.6 Å². The van der Waals surface area contributed by atoms with Gasteiger partial charge in [0, 0.05) is 44.5 Å². The SMILES string of the molecule is CCOC(=O)C1=C(C)Nc2c(c(N3CCN(C(c4ccc(F)cc4)c4ccc(F)cc4)CC3)nc(=O)n2CCOC)C1c1ccccc1. The van der Waals surface area contributed by atoms with Gasteiger partial charge in [-0.2, -0.15) is 4.98 Å². The van der Waals surface area contributed by atoms with Crippen LogP contribution in [0.2, 0.25) is 0 Å². The van der Waals surface area contributed by atoms with Crippen molar-refractivity contribution in [1.29, 1.82) is 0 Å². The average molecular weight is 656 g/mol. The summed E-state index contributed by atoms with van der Waals surface area (Å²) in [7, 11) is 1.58. The molecule has 2 aliphatic rings. The van der Waals surface area contributed by atoms with Gasteiger partial charge in [-0.05, 0) is 54.8 Å². The van der Waals surface area contributed by atoms with E-state index in [0.717, 1.165) is 16.7 Å². The molecule has 9 nitrogen and oxygen atoms in total. The van der Waals surface area contributed by atoms with Gasteiger partial charge in [-0.3, -0.25) is 9.47 Å². The molecule has 0 saturated carbocycles. The van der Waals surface area contributed by atoms with E-state index >= 15 is 0 Å². The molecule has 1 unspecified atom stereocenters. The molecular weight excluding hydrogens is 616 g/mol. The number of nitrogens with zero attached hydrogens (tertiary/aromatic N) is 4. The summed E-state index contributed by atoms with van der Waals surface area (Å²) in [4.78, 5) is 36.2. The highest BCUT2D eigenvalue weighted by atomic mass is 19.1. The van der Waals surface area contributed by atoms with Crippen LogP contribution in [0.15, 0.2) is 94.9 Å². The van der Waals surface area contributed by atoms with Crippen LogP contribution in [0.4, 0.5) is 20.4 Å². The van der Waals surface area contributed by atoms with Crippen LogP contribution in [0.5, 0.6) is 0 Å². The highest BCUT2D eigenvalue weighted by Crippen LogP contribution is 2.46. The second-order valence-corrected chi connectivity index (χ2v) is 11.9. The minimum absolute atomic E-state index is 0.216. The van der Waals surface area contributed by atoms with Crippen molar-refractivity contribution in [2.75, 3.05) is 56.7 Å². The van der Waals surface area contributed by atoms with E-state index in [1.807, 2.05) is 37.3 Å². The van der Waals surface area contributed by atoms with Crippen molar-refractivity contribution in [2.45, 2.75) is 32.4 Å². The summed E-state index contributed by atoms with van der Waals surface area (Å²) in [5.41, 5.74) is 4.00. The number of carbonyl (C=O) groups is 1. The molecule has 11 heteroatoms. The van der Waals surface area contributed by atoms with Crippen LogP contribution >= 0.6 is 0 Å². The molecule has 0 aliphatic carbocycles. The van der Waals surface area contributed by atoms with Crippen LogP contribution < -0.4 is 15.9 Å². The molecule has 1 aromatic heterocycles. The van der Waals surface area contributed by atoms with E-state index in [1.165, 1.54) is 24.3 Å². The quantitative estimate of drug-likeness (QED) is 0.225. The number of allylic oxidation sites excluding steroid dienone is 1. The molecule has 0 spiro atoms. The van der Waals surface area contributed by atoms with Crippen LogP contribution in [-0.2, 0) is 20.8 Å².